The Balaban J connectivity index is 0.000000360. The molecule has 0 fully saturated rings. The first kappa shape index (κ1) is 7.02. The van der Waals surface area contributed by atoms with Crippen LogP contribution in [0.5, 0.6) is 0 Å². The van der Waals surface area contributed by atoms with Crippen LogP contribution in [0, 0.1) is 0 Å². The van der Waals surface area contributed by atoms with Crippen molar-refractivity contribution in [2.45, 2.75) is 0 Å². The molecule has 1 radical (unpaired) electrons. The maximum Gasteiger partial charge on any atom is 0.0267 e. The third-order valence-electron chi connectivity index (χ3n) is 0.566. The molecule has 0 aliphatic heterocycles. The van der Waals surface area contributed by atoms with E-state index in [1.54, 1.807) is 12.4 Å². The van der Waals surface area contributed by atoms with E-state index in [1.165, 1.54) is 0 Å². The van der Waals surface area contributed by atoms with Gasteiger partial charge in [-0.1, -0.05) is 6.07 Å². The molecule has 0 atom stereocenters. The predicted octanol–water partition coefficient (Wildman–Crippen LogP) is 1.08. The molecule has 0 aliphatic carbocycles. The average Bonchev–Trinajstić information content (AvgIpc) is 1.72. The van der Waals surface area contributed by atoms with Crippen LogP contribution >= 0.6 is 0 Å². The number of aromatic nitrogens is 1. The van der Waals surface area contributed by atoms with Crippen LogP contribution < -0.4 is 0 Å². The van der Waals surface area contributed by atoms with Gasteiger partial charge in [0.25, 0.3) is 0 Å². The molecule has 7 heavy (non-hydrogen) atoms. The quantitative estimate of drug-likeness (QED) is 0.504. The summed E-state index contributed by atoms with van der Waals surface area (Å²) in [6.45, 7) is 0. The van der Waals surface area contributed by atoms with Gasteiger partial charge in [-0.05, 0) is 12.1 Å². The zero-order valence-electron chi connectivity index (χ0n) is 3.91. The van der Waals surface area contributed by atoms with Crippen molar-refractivity contribution in [3.8, 4) is 0 Å². The van der Waals surface area contributed by atoms with Gasteiger partial charge in [0.1, 0.15) is 0 Å². The van der Waals surface area contributed by atoms with E-state index in [4.69, 9.17) is 0 Å². The van der Waals surface area contributed by atoms with Crippen LogP contribution in [0.25, 0.3) is 0 Å². The topological polar surface area (TPSA) is 12.9 Å². The van der Waals surface area contributed by atoms with Crippen LogP contribution in [0.15, 0.2) is 30.6 Å². The third-order valence-corrected chi connectivity index (χ3v) is 0.566. The van der Waals surface area contributed by atoms with Gasteiger partial charge in [-0.2, -0.15) is 0 Å². The molecule has 0 saturated heterocycles. The molecule has 1 aromatic heterocycles. The molecular weight excluding hydrogens is 119 g/mol. The first-order chi connectivity index (χ1) is 3.00. The SMILES string of the molecule is [Sc].c1ccncc1. The van der Waals surface area contributed by atoms with Gasteiger partial charge in [-0.3, -0.25) is 4.98 Å². The Morgan fingerprint density at radius 1 is 0.857 bits per heavy atom. The van der Waals surface area contributed by atoms with Crippen molar-refractivity contribution in [1.82, 2.24) is 4.98 Å². The van der Waals surface area contributed by atoms with Gasteiger partial charge in [0.05, 0.1) is 0 Å². The predicted molar refractivity (Wildman–Crippen MR) is 24.2 cm³/mol. The first-order valence-corrected chi connectivity index (χ1v) is 1.85. The second-order valence-electron chi connectivity index (χ2n) is 1.02. The third kappa shape index (κ3) is 2.68. The Morgan fingerprint density at radius 2 is 1.43 bits per heavy atom. The minimum absolute atomic E-state index is 0. The van der Waals surface area contributed by atoms with E-state index in [-0.39, 0.29) is 25.8 Å². The zero-order valence-corrected chi connectivity index (χ0v) is 5.71. The smallest absolute Gasteiger partial charge is 0.0267 e. The van der Waals surface area contributed by atoms with E-state index in [0.29, 0.717) is 0 Å². The van der Waals surface area contributed by atoms with Crippen molar-refractivity contribution in [3.63, 3.8) is 0 Å². The van der Waals surface area contributed by atoms with E-state index < -0.39 is 0 Å². The van der Waals surface area contributed by atoms with E-state index in [2.05, 4.69) is 4.98 Å². The Kier molecular flexibility index (Phi) is 4.20. The van der Waals surface area contributed by atoms with Gasteiger partial charge in [0.15, 0.2) is 0 Å². The second kappa shape index (κ2) is 4.19. The summed E-state index contributed by atoms with van der Waals surface area (Å²) in [6, 6.07) is 5.72. The summed E-state index contributed by atoms with van der Waals surface area (Å²) in [5.74, 6) is 0. The first-order valence-electron chi connectivity index (χ1n) is 1.85. The van der Waals surface area contributed by atoms with Crippen LogP contribution in [0.1, 0.15) is 0 Å². The molecule has 1 aromatic rings. The molecular formula is C5H5NSc. The second-order valence-corrected chi connectivity index (χ2v) is 1.02. The summed E-state index contributed by atoms with van der Waals surface area (Å²) in [6.07, 6.45) is 3.50. The summed E-state index contributed by atoms with van der Waals surface area (Å²) in [4.78, 5) is 3.78. The van der Waals surface area contributed by atoms with Crippen molar-refractivity contribution < 1.29 is 25.8 Å². The van der Waals surface area contributed by atoms with Crippen LogP contribution in [-0.4, -0.2) is 4.98 Å². The molecule has 1 nitrogen and oxygen atoms in total. The van der Waals surface area contributed by atoms with Gasteiger partial charge in [-0.15, -0.1) is 0 Å². The Bertz CT molecular complexity index is 80.0. The molecule has 0 saturated carbocycles. The molecule has 2 heteroatoms. The van der Waals surface area contributed by atoms with E-state index in [0.717, 1.165) is 0 Å². The Hall–Kier alpha value is 0.0201. The Labute approximate surface area is 61.6 Å². The van der Waals surface area contributed by atoms with Crippen molar-refractivity contribution >= 4 is 0 Å². The summed E-state index contributed by atoms with van der Waals surface area (Å²) >= 11 is 0. The van der Waals surface area contributed by atoms with Crippen molar-refractivity contribution in [2.24, 2.45) is 0 Å². The maximum absolute atomic E-state index is 3.78. The standard InChI is InChI=1S/C5H5N.Sc/c1-2-4-6-5-3-1;/h1-5H;. The van der Waals surface area contributed by atoms with E-state index in [1.807, 2.05) is 18.2 Å². The maximum atomic E-state index is 3.78. The number of hydrogen-bond acceptors (Lipinski definition) is 1. The largest absolute Gasteiger partial charge is 0.265 e. The van der Waals surface area contributed by atoms with Gasteiger partial charge in [0.2, 0.25) is 0 Å². The normalized spacial score (nSPS) is 6.86. The Morgan fingerprint density at radius 3 is 1.57 bits per heavy atom. The van der Waals surface area contributed by atoms with Gasteiger partial charge in [-0.25, -0.2) is 0 Å². The van der Waals surface area contributed by atoms with Gasteiger partial charge in [0, 0.05) is 38.2 Å². The van der Waals surface area contributed by atoms with Crippen LogP contribution in [0.3, 0.4) is 0 Å². The average molecular weight is 124 g/mol. The van der Waals surface area contributed by atoms with E-state index in [9.17, 15) is 0 Å². The fraction of sp³-hybridized carbons (Fsp3) is 0. The fourth-order valence-corrected chi connectivity index (χ4v) is 0.313. The zero-order chi connectivity index (χ0) is 4.24. The molecule has 1 heterocycles. The summed E-state index contributed by atoms with van der Waals surface area (Å²) in [7, 11) is 0. The molecule has 0 amide bonds. The van der Waals surface area contributed by atoms with E-state index >= 15 is 0 Å². The summed E-state index contributed by atoms with van der Waals surface area (Å²) < 4.78 is 0. The monoisotopic (exact) mass is 124 g/mol. The van der Waals surface area contributed by atoms with Gasteiger partial charge >= 0.3 is 0 Å². The van der Waals surface area contributed by atoms with Gasteiger partial charge < -0.3 is 0 Å². The minimum Gasteiger partial charge on any atom is -0.265 e. The summed E-state index contributed by atoms with van der Waals surface area (Å²) in [5.41, 5.74) is 0. The molecule has 0 spiro atoms. The molecule has 0 aromatic carbocycles. The van der Waals surface area contributed by atoms with Crippen molar-refractivity contribution in [2.75, 3.05) is 0 Å². The summed E-state index contributed by atoms with van der Waals surface area (Å²) in [5, 5.41) is 0. The number of nitrogens with zero attached hydrogens (tertiary/aromatic N) is 1. The molecule has 0 N–H and O–H groups in total. The minimum atomic E-state index is 0. The van der Waals surface area contributed by atoms with Crippen LogP contribution in [0.2, 0.25) is 0 Å². The van der Waals surface area contributed by atoms with Crippen molar-refractivity contribution in [3.05, 3.63) is 30.6 Å². The molecule has 0 aliphatic rings. The van der Waals surface area contributed by atoms with Crippen LogP contribution in [-0.2, 0) is 25.8 Å². The molecule has 33 valence electrons. The fourth-order valence-electron chi connectivity index (χ4n) is 0.313. The number of rotatable bonds is 0. The molecule has 1 rings (SSSR count). The number of hydrogen-bond donors (Lipinski definition) is 0. The molecule has 0 unspecified atom stereocenters. The molecule has 0 bridgehead atoms. The van der Waals surface area contributed by atoms with Crippen LogP contribution in [0.4, 0.5) is 0 Å². The van der Waals surface area contributed by atoms with Crippen molar-refractivity contribution in [1.29, 1.82) is 0 Å². The number of pyridine rings is 1.